The number of esters is 1. The fourth-order valence-corrected chi connectivity index (χ4v) is 4.19. The third kappa shape index (κ3) is 4.46. The number of ether oxygens (including phenoxy) is 5. The molecule has 6 atom stereocenters. The average Bonchev–Trinajstić information content (AvgIpc) is 3.08. The quantitative estimate of drug-likeness (QED) is 0.484. The summed E-state index contributed by atoms with van der Waals surface area (Å²) in [6.45, 7) is 0.785. The van der Waals surface area contributed by atoms with Crippen molar-refractivity contribution in [1.82, 2.24) is 0 Å². The topological polar surface area (TPSA) is 97.4 Å². The Morgan fingerprint density at radius 2 is 1.77 bits per heavy atom. The minimum absolute atomic E-state index is 0.0856. The normalized spacial score (nSPS) is 33.1. The molecular weight excluding hydrogens is 392 g/mol. The molecule has 4 rings (SSSR count). The average molecular weight is 418 g/mol. The first kappa shape index (κ1) is 21.1. The van der Waals surface area contributed by atoms with Crippen LogP contribution in [-0.2, 0) is 44.7 Å². The number of hydrogen-bond acceptors (Lipinski definition) is 8. The van der Waals surface area contributed by atoms with E-state index in [2.05, 4.69) is 4.74 Å². The molecule has 162 valence electrons. The van der Waals surface area contributed by atoms with Crippen LogP contribution >= 0.6 is 0 Å². The Morgan fingerprint density at radius 1 is 1.00 bits per heavy atom. The molecule has 0 radical (unpaired) electrons. The van der Waals surface area contributed by atoms with Crippen molar-refractivity contribution >= 4 is 17.5 Å². The van der Waals surface area contributed by atoms with Gasteiger partial charge in [0.1, 0.15) is 12.2 Å². The lowest BCUT2D eigenvalue weighted by Crippen LogP contribution is -2.58. The van der Waals surface area contributed by atoms with Crippen molar-refractivity contribution in [3.8, 4) is 0 Å². The van der Waals surface area contributed by atoms with Crippen LogP contribution in [0.15, 0.2) is 30.3 Å². The predicted molar refractivity (Wildman–Crippen MR) is 103 cm³/mol. The minimum atomic E-state index is -0.963. The maximum absolute atomic E-state index is 12.9. The van der Waals surface area contributed by atoms with E-state index in [1.54, 1.807) is 0 Å². The molecule has 0 aromatic heterocycles. The summed E-state index contributed by atoms with van der Waals surface area (Å²) in [4.78, 5) is 37.1. The van der Waals surface area contributed by atoms with E-state index in [-0.39, 0.29) is 24.0 Å². The van der Waals surface area contributed by atoms with Crippen molar-refractivity contribution in [2.45, 2.75) is 68.9 Å². The molecule has 1 unspecified atom stereocenters. The molecule has 1 aromatic rings. The molecule has 1 aromatic carbocycles. The zero-order valence-electron chi connectivity index (χ0n) is 16.9. The maximum Gasteiger partial charge on any atom is 0.308 e. The Kier molecular flexibility index (Phi) is 6.58. The number of ketones is 2. The first-order valence-electron chi connectivity index (χ1n) is 10.3. The number of benzene rings is 1. The summed E-state index contributed by atoms with van der Waals surface area (Å²) in [7, 11) is 1.31. The number of Topliss-reactive ketones (excluding diaryl/α,β-unsaturated/α-hetero) is 2. The second-order valence-corrected chi connectivity index (χ2v) is 7.81. The number of carbonyl (C=O) groups excluding carboxylic acids is 3. The van der Waals surface area contributed by atoms with E-state index in [1.807, 2.05) is 30.3 Å². The van der Waals surface area contributed by atoms with Gasteiger partial charge in [0, 0.05) is 13.0 Å². The lowest BCUT2D eigenvalue weighted by Gasteiger charge is -2.41. The van der Waals surface area contributed by atoms with Gasteiger partial charge in [-0.05, 0) is 18.4 Å². The van der Waals surface area contributed by atoms with Crippen LogP contribution in [0.25, 0.3) is 0 Å². The van der Waals surface area contributed by atoms with E-state index in [4.69, 9.17) is 18.9 Å². The molecule has 0 bridgehead atoms. The van der Waals surface area contributed by atoms with Gasteiger partial charge < -0.3 is 23.7 Å². The zero-order chi connectivity index (χ0) is 21.1. The van der Waals surface area contributed by atoms with Gasteiger partial charge in [-0.1, -0.05) is 30.3 Å². The molecule has 0 saturated carbocycles. The number of carbonyl (C=O) groups is 3. The molecule has 8 nitrogen and oxygen atoms in total. The van der Waals surface area contributed by atoms with Crippen LogP contribution in [0.3, 0.4) is 0 Å². The van der Waals surface area contributed by atoms with E-state index < -0.39 is 36.6 Å². The van der Waals surface area contributed by atoms with E-state index in [0.29, 0.717) is 32.5 Å². The fraction of sp³-hybridized carbons (Fsp3) is 0.591. The van der Waals surface area contributed by atoms with E-state index in [9.17, 15) is 14.4 Å². The van der Waals surface area contributed by atoms with Crippen molar-refractivity contribution in [3.05, 3.63) is 35.9 Å². The molecule has 0 amide bonds. The molecule has 3 saturated heterocycles. The van der Waals surface area contributed by atoms with Crippen molar-refractivity contribution < 1.29 is 38.1 Å². The molecule has 3 aliphatic heterocycles. The smallest absolute Gasteiger partial charge is 0.308 e. The minimum Gasteiger partial charge on any atom is -0.469 e. The third-order valence-electron chi connectivity index (χ3n) is 5.77. The first-order valence-corrected chi connectivity index (χ1v) is 10.3. The van der Waals surface area contributed by atoms with Crippen LogP contribution in [0.1, 0.15) is 31.2 Å². The van der Waals surface area contributed by atoms with Gasteiger partial charge in [-0.2, -0.15) is 0 Å². The molecule has 0 spiro atoms. The van der Waals surface area contributed by atoms with Gasteiger partial charge in [-0.25, -0.2) is 0 Å². The fourth-order valence-electron chi connectivity index (χ4n) is 4.19. The first-order chi connectivity index (χ1) is 14.6. The second-order valence-electron chi connectivity index (χ2n) is 7.81. The van der Waals surface area contributed by atoms with E-state index in [1.165, 1.54) is 7.11 Å². The van der Waals surface area contributed by atoms with Crippen LogP contribution in [0, 0.1) is 0 Å². The highest BCUT2D eigenvalue weighted by Gasteiger charge is 2.56. The van der Waals surface area contributed by atoms with E-state index >= 15 is 0 Å². The highest BCUT2D eigenvalue weighted by Crippen LogP contribution is 2.36. The van der Waals surface area contributed by atoms with Gasteiger partial charge in [0.25, 0.3) is 0 Å². The lowest BCUT2D eigenvalue weighted by atomic mass is 9.89. The van der Waals surface area contributed by atoms with Gasteiger partial charge >= 0.3 is 5.97 Å². The summed E-state index contributed by atoms with van der Waals surface area (Å²) in [5.41, 5.74) is 1.05. The molecule has 30 heavy (non-hydrogen) atoms. The Morgan fingerprint density at radius 3 is 2.53 bits per heavy atom. The lowest BCUT2D eigenvalue weighted by molar-refractivity contribution is -0.207. The summed E-state index contributed by atoms with van der Waals surface area (Å²) in [5, 5.41) is 0. The van der Waals surface area contributed by atoms with Crippen LogP contribution < -0.4 is 0 Å². The standard InChI is InChI=1S/C22H26O8/c1-26-17(23)11-14-7-8-16-20(28-14)19(25)22-21(30-16)18(24)15(29-22)9-10-27-12-13-5-3-2-4-6-13/h2-6,14-16,20-22H,7-12H2,1H3/t14-,15?,16+,20+,21+,22+/m1/s1. The third-order valence-corrected chi connectivity index (χ3v) is 5.77. The molecular formula is C22H26O8. The SMILES string of the molecule is COC(=O)C[C@H]1CC[C@@H]2O[C@H]3C(=O)C(CCOCc4ccccc4)O[C@H]3C(=O)[C@H]2O1. The largest absolute Gasteiger partial charge is 0.469 e. The Bertz CT molecular complexity index is 779. The van der Waals surface area contributed by atoms with Crippen molar-refractivity contribution in [2.75, 3.05) is 13.7 Å². The van der Waals surface area contributed by atoms with Crippen molar-refractivity contribution in [2.24, 2.45) is 0 Å². The summed E-state index contributed by atoms with van der Waals surface area (Å²) >= 11 is 0. The molecule has 8 heteroatoms. The van der Waals surface area contributed by atoms with Crippen molar-refractivity contribution in [3.63, 3.8) is 0 Å². The summed E-state index contributed by atoms with van der Waals surface area (Å²) in [6.07, 6.45) is -2.75. The highest BCUT2D eigenvalue weighted by molar-refractivity contribution is 6.00. The Balaban J connectivity index is 1.30. The van der Waals surface area contributed by atoms with Crippen molar-refractivity contribution in [1.29, 1.82) is 0 Å². The van der Waals surface area contributed by atoms with Crippen LogP contribution in [0.2, 0.25) is 0 Å². The molecule has 3 fully saturated rings. The molecule has 0 N–H and O–H groups in total. The van der Waals surface area contributed by atoms with Gasteiger partial charge in [-0.3, -0.25) is 14.4 Å². The van der Waals surface area contributed by atoms with E-state index in [0.717, 1.165) is 5.56 Å². The van der Waals surface area contributed by atoms with Crippen LogP contribution in [-0.4, -0.2) is 67.9 Å². The second kappa shape index (κ2) is 9.34. The summed E-state index contributed by atoms with van der Waals surface area (Å²) in [5.74, 6) is -0.887. The van der Waals surface area contributed by atoms with Crippen LogP contribution in [0.5, 0.6) is 0 Å². The van der Waals surface area contributed by atoms with Gasteiger partial charge in [-0.15, -0.1) is 0 Å². The number of fused-ring (bicyclic) bond motifs is 2. The Hall–Kier alpha value is -2.13. The van der Waals surface area contributed by atoms with Gasteiger partial charge in [0.05, 0.1) is 32.3 Å². The molecule has 0 aliphatic carbocycles. The molecule has 3 aliphatic rings. The summed E-state index contributed by atoms with van der Waals surface area (Å²) in [6, 6.07) is 9.74. The number of methoxy groups -OCH3 is 1. The van der Waals surface area contributed by atoms with Gasteiger partial charge in [0.2, 0.25) is 0 Å². The van der Waals surface area contributed by atoms with Crippen LogP contribution in [0.4, 0.5) is 0 Å². The zero-order valence-corrected chi connectivity index (χ0v) is 16.9. The molecule has 3 heterocycles. The number of rotatable bonds is 7. The van der Waals surface area contributed by atoms with Gasteiger partial charge in [0.15, 0.2) is 23.8 Å². The summed E-state index contributed by atoms with van der Waals surface area (Å²) < 4.78 is 27.8. The monoisotopic (exact) mass is 418 g/mol. The predicted octanol–water partition coefficient (Wildman–Crippen LogP) is 1.38. The Labute approximate surface area is 174 Å². The maximum atomic E-state index is 12.9. The number of hydrogen-bond donors (Lipinski definition) is 0. The highest BCUT2D eigenvalue weighted by atomic mass is 16.6.